The summed E-state index contributed by atoms with van der Waals surface area (Å²) < 4.78 is 5.15. The van der Waals surface area contributed by atoms with Crippen LogP contribution in [0.4, 0.5) is 0 Å². The van der Waals surface area contributed by atoms with Crippen LogP contribution in [0.2, 0.25) is 0 Å². The molecule has 1 saturated heterocycles. The third-order valence-corrected chi connectivity index (χ3v) is 5.49. The van der Waals surface area contributed by atoms with Gasteiger partial charge >= 0.3 is 0 Å². The highest BCUT2D eigenvalue weighted by Crippen LogP contribution is 2.48. The van der Waals surface area contributed by atoms with Gasteiger partial charge in [0, 0.05) is 26.7 Å². The van der Waals surface area contributed by atoms with Crippen molar-refractivity contribution in [2.75, 3.05) is 39.9 Å². The quantitative estimate of drug-likeness (QED) is 0.835. The minimum Gasteiger partial charge on any atom is -0.383 e. The van der Waals surface area contributed by atoms with Crippen LogP contribution in [0.25, 0.3) is 0 Å². The summed E-state index contributed by atoms with van der Waals surface area (Å²) in [6, 6.07) is 6.54. The fourth-order valence-electron chi connectivity index (χ4n) is 3.93. The monoisotopic (exact) mass is 330 g/mol. The molecule has 2 aliphatic rings. The Bertz CT molecular complexity index is 575. The highest BCUT2D eigenvalue weighted by atomic mass is 16.5. The Morgan fingerprint density at radius 3 is 2.62 bits per heavy atom. The number of methoxy groups -OCH3 is 1. The molecule has 1 N–H and O–H groups in total. The van der Waals surface area contributed by atoms with E-state index < -0.39 is 0 Å². The van der Waals surface area contributed by atoms with E-state index in [1.807, 2.05) is 0 Å². The van der Waals surface area contributed by atoms with E-state index in [1.165, 1.54) is 23.1 Å². The van der Waals surface area contributed by atoms with E-state index in [-0.39, 0.29) is 11.3 Å². The van der Waals surface area contributed by atoms with Gasteiger partial charge in [-0.1, -0.05) is 29.3 Å². The van der Waals surface area contributed by atoms with E-state index >= 15 is 0 Å². The zero-order chi connectivity index (χ0) is 17.2. The highest BCUT2D eigenvalue weighted by molar-refractivity contribution is 5.91. The van der Waals surface area contributed by atoms with E-state index in [0.29, 0.717) is 5.92 Å². The average molecular weight is 330 g/mol. The van der Waals surface area contributed by atoms with Crippen LogP contribution in [-0.2, 0) is 14.9 Å². The molecular weight excluding hydrogens is 300 g/mol. The van der Waals surface area contributed by atoms with E-state index in [0.717, 1.165) is 45.6 Å². The van der Waals surface area contributed by atoms with Gasteiger partial charge in [-0.3, -0.25) is 4.79 Å². The summed E-state index contributed by atoms with van der Waals surface area (Å²) in [6.07, 6.45) is 3.12. The normalized spacial score (nSPS) is 22.5. The maximum atomic E-state index is 12.8. The van der Waals surface area contributed by atoms with Crippen molar-refractivity contribution in [2.24, 2.45) is 5.92 Å². The summed E-state index contributed by atoms with van der Waals surface area (Å²) in [7, 11) is 1.75. The van der Waals surface area contributed by atoms with Crippen molar-refractivity contribution in [1.29, 1.82) is 0 Å². The first-order valence-electron chi connectivity index (χ1n) is 9.12. The molecule has 0 unspecified atom stereocenters. The lowest BCUT2D eigenvalue weighted by Gasteiger charge is -2.19. The summed E-state index contributed by atoms with van der Waals surface area (Å²) in [6.45, 7) is 8.98. The number of hydrogen-bond donors (Lipinski definition) is 1. The van der Waals surface area contributed by atoms with Gasteiger partial charge in [0.05, 0.1) is 12.0 Å². The first-order valence-corrected chi connectivity index (χ1v) is 9.12. The molecule has 132 valence electrons. The molecule has 1 amide bonds. The van der Waals surface area contributed by atoms with Crippen LogP contribution in [0, 0.1) is 19.8 Å². The Labute approximate surface area is 145 Å². The van der Waals surface area contributed by atoms with Gasteiger partial charge in [0.1, 0.15) is 0 Å². The predicted octanol–water partition coefficient (Wildman–Crippen LogP) is 2.42. The van der Waals surface area contributed by atoms with Crippen molar-refractivity contribution >= 4 is 5.91 Å². The molecule has 1 aliphatic heterocycles. The van der Waals surface area contributed by atoms with Crippen molar-refractivity contribution in [3.8, 4) is 0 Å². The standard InChI is InChI=1S/C20H30N2O2/c1-15-10-16(2)12-18(11-15)20(5-6-20)19(23)21-13-17-4-7-22(14-17)8-9-24-3/h10-12,17H,4-9,13-14H2,1-3H3,(H,21,23)/t17-/m1/s1. The van der Waals surface area contributed by atoms with Gasteiger partial charge in [-0.2, -0.15) is 0 Å². The maximum Gasteiger partial charge on any atom is 0.230 e. The Hall–Kier alpha value is -1.39. The molecule has 0 bridgehead atoms. The molecule has 0 spiro atoms. The van der Waals surface area contributed by atoms with Gasteiger partial charge in [-0.25, -0.2) is 0 Å². The molecule has 1 saturated carbocycles. The number of rotatable bonds is 7. The smallest absolute Gasteiger partial charge is 0.230 e. The average Bonchev–Trinajstić information content (AvgIpc) is 3.24. The minimum absolute atomic E-state index is 0.225. The zero-order valence-electron chi connectivity index (χ0n) is 15.2. The Kier molecular flexibility index (Phi) is 5.26. The first-order chi connectivity index (χ1) is 11.5. The molecule has 24 heavy (non-hydrogen) atoms. The highest BCUT2D eigenvalue weighted by Gasteiger charge is 2.51. The Morgan fingerprint density at radius 2 is 2.00 bits per heavy atom. The molecule has 2 fully saturated rings. The molecule has 4 heteroatoms. The molecule has 1 aromatic carbocycles. The van der Waals surface area contributed by atoms with Crippen LogP contribution in [0.5, 0.6) is 0 Å². The van der Waals surface area contributed by atoms with Gasteiger partial charge in [0.2, 0.25) is 5.91 Å². The van der Waals surface area contributed by atoms with Gasteiger partial charge < -0.3 is 15.0 Å². The third kappa shape index (κ3) is 3.81. The van der Waals surface area contributed by atoms with Crippen LogP contribution >= 0.6 is 0 Å². The lowest BCUT2D eigenvalue weighted by Crippen LogP contribution is -2.38. The number of amides is 1. The summed E-state index contributed by atoms with van der Waals surface area (Å²) >= 11 is 0. The SMILES string of the molecule is COCCN1CC[C@H](CNC(=O)C2(c3cc(C)cc(C)c3)CC2)C1. The molecule has 0 aromatic heterocycles. The van der Waals surface area contributed by atoms with Crippen molar-refractivity contribution in [3.63, 3.8) is 0 Å². The molecule has 3 rings (SSSR count). The minimum atomic E-state index is -0.259. The zero-order valence-corrected chi connectivity index (χ0v) is 15.2. The summed E-state index contributed by atoms with van der Waals surface area (Å²) in [5, 5.41) is 3.24. The molecule has 0 radical (unpaired) electrons. The van der Waals surface area contributed by atoms with E-state index in [4.69, 9.17) is 4.74 Å². The second-order valence-corrected chi connectivity index (χ2v) is 7.62. The number of nitrogens with one attached hydrogen (secondary N) is 1. The summed E-state index contributed by atoms with van der Waals surface area (Å²) in [4.78, 5) is 15.2. The topological polar surface area (TPSA) is 41.6 Å². The molecule has 1 atom stereocenters. The largest absolute Gasteiger partial charge is 0.383 e. The van der Waals surface area contributed by atoms with Gasteiger partial charge in [-0.15, -0.1) is 0 Å². The van der Waals surface area contributed by atoms with Crippen LogP contribution < -0.4 is 5.32 Å². The third-order valence-electron chi connectivity index (χ3n) is 5.49. The summed E-state index contributed by atoms with van der Waals surface area (Å²) in [5.41, 5.74) is 3.43. The number of carbonyl (C=O) groups is 1. The van der Waals surface area contributed by atoms with E-state index in [2.05, 4.69) is 42.3 Å². The van der Waals surface area contributed by atoms with Crippen LogP contribution in [0.3, 0.4) is 0 Å². The molecular formula is C20H30N2O2. The number of likely N-dealkylation sites (tertiary alicyclic amines) is 1. The molecule has 1 aliphatic carbocycles. The van der Waals surface area contributed by atoms with Crippen LogP contribution in [0.1, 0.15) is 36.0 Å². The number of aryl methyl sites for hydroxylation is 2. The van der Waals surface area contributed by atoms with Crippen LogP contribution in [-0.4, -0.2) is 50.7 Å². The van der Waals surface area contributed by atoms with Crippen molar-refractivity contribution in [1.82, 2.24) is 10.2 Å². The first kappa shape index (κ1) is 17.4. The Morgan fingerprint density at radius 1 is 1.29 bits per heavy atom. The van der Waals surface area contributed by atoms with Gasteiger partial charge in [0.25, 0.3) is 0 Å². The van der Waals surface area contributed by atoms with E-state index in [1.54, 1.807) is 7.11 Å². The second-order valence-electron chi connectivity index (χ2n) is 7.62. The van der Waals surface area contributed by atoms with Crippen LogP contribution in [0.15, 0.2) is 18.2 Å². The summed E-state index contributed by atoms with van der Waals surface area (Å²) in [5.74, 6) is 0.795. The maximum absolute atomic E-state index is 12.8. The fraction of sp³-hybridized carbons (Fsp3) is 0.650. The molecule has 4 nitrogen and oxygen atoms in total. The number of benzene rings is 1. The number of ether oxygens (including phenoxy) is 1. The molecule has 1 heterocycles. The number of nitrogens with zero attached hydrogens (tertiary/aromatic N) is 1. The fourth-order valence-corrected chi connectivity index (χ4v) is 3.93. The number of carbonyl (C=O) groups excluding carboxylic acids is 1. The Balaban J connectivity index is 1.54. The van der Waals surface area contributed by atoms with Gasteiger partial charge in [0.15, 0.2) is 0 Å². The van der Waals surface area contributed by atoms with Crippen molar-refractivity contribution < 1.29 is 9.53 Å². The van der Waals surface area contributed by atoms with E-state index in [9.17, 15) is 4.79 Å². The van der Waals surface area contributed by atoms with Gasteiger partial charge in [-0.05, 0) is 51.1 Å². The van der Waals surface area contributed by atoms with Crippen molar-refractivity contribution in [3.05, 3.63) is 34.9 Å². The lowest BCUT2D eigenvalue weighted by molar-refractivity contribution is -0.123. The van der Waals surface area contributed by atoms with Crippen molar-refractivity contribution in [2.45, 2.75) is 38.5 Å². The second kappa shape index (κ2) is 7.24. The molecule has 1 aromatic rings. The number of hydrogen-bond acceptors (Lipinski definition) is 3. The predicted molar refractivity (Wildman–Crippen MR) is 96.3 cm³/mol. The lowest BCUT2D eigenvalue weighted by atomic mass is 9.92.